The maximum absolute atomic E-state index is 5.86. The normalized spacial score (nSPS) is 12.1. The van der Waals surface area contributed by atoms with Crippen molar-refractivity contribution in [2.75, 3.05) is 19.8 Å². The van der Waals surface area contributed by atoms with E-state index >= 15 is 0 Å². The van der Waals surface area contributed by atoms with Gasteiger partial charge >= 0.3 is 8.80 Å². The highest BCUT2D eigenvalue weighted by molar-refractivity contribution is 6.60. The minimum atomic E-state index is -2.48. The van der Waals surface area contributed by atoms with Gasteiger partial charge in [0, 0.05) is 32.8 Å². The van der Waals surface area contributed by atoms with Crippen molar-refractivity contribution >= 4 is 8.80 Å². The lowest BCUT2D eigenvalue weighted by Gasteiger charge is -2.28. The van der Waals surface area contributed by atoms with Crippen LogP contribution in [-0.2, 0) is 26.9 Å². The van der Waals surface area contributed by atoms with Gasteiger partial charge < -0.3 is 13.3 Å². The smallest absolute Gasteiger partial charge is 0.374 e. The highest BCUT2D eigenvalue weighted by Crippen LogP contribution is 2.18. The van der Waals surface area contributed by atoms with Crippen LogP contribution in [0.5, 0.6) is 0 Å². The molecule has 6 heteroatoms. The first-order valence-corrected chi connectivity index (χ1v) is 9.45. The van der Waals surface area contributed by atoms with E-state index in [1.165, 1.54) is 5.82 Å². The summed E-state index contributed by atoms with van der Waals surface area (Å²) in [5.41, 5.74) is 0. The van der Waals surface area contributed by atoms with Crippen molar-refractivity contribution in [3.05, 3.63) is 18.2 Å². The van der Waals surface area contributed by atoms with E-state index < -0.39 is 8.80 Å². The van der Waals surface area contributed by atoms with Crippen molar-refractivity contribution in [1.82, 2.24) is 4.57 Å². The van der Waals surface area contributed by atoms with Gasteiger partial charge in [0.25, 0.3) is 5.82 Å². The van der Waals surface area contributed by atoms with Crippen molar-refractivity contribution in [3.8, 4) is 0 Å². The molecule has 116 valence electrons. The molecular formula is C14H29N2O3Si+. The van der Waals surface area contributed by atoms with Gasteiger partial charge in [0.15, 0.2) is 0 Å². The van der Waals surface area contributed by atoms with Crippen LogP contribution in [0, 0.1) is 6.92 Å². The number of hydrogen-bond acceptors (Lipinski definition) is 3. The van der Waals surface area contributed by atoms with Crippen molar-refractivity contribution < 1.29 is 17.8 Å². The predicted molar refractivity (Wildman–Crippen MR) is 80.4 cm³/mol. The molecule has 5 nitrogen and oxygen atoms in total. The van der Waals surface area contributed by atoms with Crippen LogP contribution >= 0.6 is 0 Å². The van der Waals surface area contributed by atoms with Crippen LogP contribution < -0.4 is 4.57 Å². The van der Waals surface area contributed by atoms with Crippen LogP contribution in [0.1, 0.15) is 33.0 Å². The first-order valence-electron chi connectivity index (χ1n) is 7.51. The van der Waals surface area contributed by atoms with Crippen molar-refractivity contribution in [2.45, 2.75) is 46.7 Å². The molecule has 0 fully saturated rings. The zero-order valence-corrected chi connectivity index (χ0v) is 14.5. The standard InChI is InChI=1S/C14H29N2O3Si/c1-6-17-20(18-7-2,19-8-3)13-9-10-16-12-11-15(5)14(16)4/h11-12H,6-10,13H2,1-5H3/q+1. The highest BCUT2D eigenvalue weighted by Gasteiger charge is 2.39. The maximum atomic E-state index is 5.86. The summed E-state index contributed by atoms with van der Waals surface area (Å²) in [4.78, 5) is 0. The average Bonchev–Trinajstić information content (AvgIpc) is 2.72. The first-order chi connectivity index (χ1) is 9.58. The second kappa shape index (κ2) is 8.56. The van der Waals surface area contributed by atoms with Gasteiger partial charge in [-0.05, 0) is 27.2 Å². The second-order valence-corrected chi connectivity index (χ2v) is 7.47. The van der Waals surface area contributed by atoms with Gasteiger partial charge in [-0.3, -0.25) is 0 Å². The lowest BCUT2D eigenvalue weighted by Crippen LogP contribution is -2.46. The Morgan fingerprint density at radius 3 is 2.05 bits per heavy atom. The molecule has 0 radical (unpaired) electrons. The number of nitrogens with zero attached hydrogens (tertiary/aromatic N) is 2. The zero-order chi connectivity index (χ0) is 15.0. The first kappa shape index (κ1) is 17.4. The molecule has 0 atom stereocenters. The molecule has 20 heavy (non-hydrogen) atoms. The molecule has 0 amide bonds. The zero-order valence-electron chi connectivity index (χ0n) is 13.5. The fourth-order valence-electron chi connectivity index (χ4n) is 2.30. The van der Waals surface area contributed by atoms with Gasteiger partial charge in [0.05, 0.1) is 13.6 Å². The summed E-state index contributed by atoms with van der Waals surface area (Å²) in [6.45, 7) is 11.0. The monoisotopic (exact) mass is 301 g/mol. The van der Waals surface area contributed by atoms with Gasteiger partial charge in [-0.1, -0.05) is 0 Å². The van der Waals surface area contributed by atoms with Crippen molar-refractivity contribution in [1.29, 1.82) is 0 Å². The molecule has 0 spiro atoms. The summed E-state index contributed by atoms with van der Waals surface area (Å²) in [6, 6.07) is 0.865. The van der Waals surface area contributed by atoms with E-state index in [0.29, 0.717) is 19.8 Å². The van der Waals surface area contributed by atoms with Crippen LogP contribution in [0.3, 0.4) is 0 Å². The van der Waals surface area contributed by atoms with Gasteiger partial charge in [-0.15, -0.1) is 0 Å². The van der Waals surface area contributed by atoms with E-state index in [9.17, 15) is 0 Å². The molecule has 1 aromatic rings. The SMILES string of the molecule is CCO[Si](CCCn1cc[n+](C)c1C)(OCC)OCC. The van der Waals surface area contributed by atoms with Crippen LogP contribution in [0.4, 0.5) is 0 Å². The molecular weight excluding hydrogens is 272 g/mol. The Morgan fingerprint density at radius 2 is 1.65 bits per heavy atom. The third-order valence-corrected chi connectivity index (χ3v) is 6.52. The number of rotatable bonds is 10. The third kappa shape index (κ3) is 4.70. The molecule has 1 aromatic heterocycles. The van der Waals surface area contributed by atoms with Gasteiger partial charge in [0.2, 0.25) is 0 Å². The van der Waals surface area contributed by atoms with Crippen LogP contribution in [0.25, 0.3) is 0 Å². The molecule has 0 aliphatic carbocycles. The topological polar surface area (TPSA) is 36.5 Å². The molecule has 1 rings (SSSR count). The molecule has 1 heterocycles. The summed E-state index contributed by atoms with van der Waals surface area (Å²) in [5.74, 6) is 1.25. The molecule has 0 aromatic carbocycles. The van der Waals surface area contributed by atoms with E-state index in [1.54, 1.807) is 0 Å². The quantitative estimate of drug-likeness (QED) is 0.490. The molecule has 0 bridgehead atoms. The summed E-state index contributed by atoms with van der Waals surface area (Å²) >= 11 is 0. The Labute approximate surface area is 123 Å². The number of aryl methyl sites for hydroxylation is 2. The average molecular weight is 301 g/mol. The minimum absolute atomic E-state index is 0.643. The van der Waals surface area contributed by atoms with Gasteiger partial charge in [0.1, 0.15) is 12.4 Å². The lowest BCUT2D eigenvalue weighted by atomic mass is 10.4. The largest absolute Gasteiger partial charge is 0.501 e. The summed E-state index contributed by atoms with van der Waals surface area (Å²) in [6.07, 6.45) is 5.19. The van der Waals surface area contributed by atoms with Crippen LogP contribution in [-0.4, -0.2) is 33.2 Å². The Bertz CT molecular complexity index is 379. The van der Waals surface area contributed by atoms with Crippen molar-refractivity contribution in [2.24, 2.45) is 7.05 Å². The van der Waals surface area contributed by atoms with E-state index in [4.69, 9.17) is 13.3 Å². The molecule has 0 saturated carbocycles. The maximum Gasteiger partial charge on any atom is 0.501 e. The molecule has 0 N–H and O–H groups in total. The minimum Gasteiger partial charge on any atom is -0.374 e. The number of imidazole rings is 1. The number of aromatic nitrogens is 2. The molecule has 0 unspecified atom stereocenters. The fourth-order valence-corrected chi connectivity index (χ4v) is 4.90. The Hall–Kier alpha value is -0.693. The van der Waals surface area contributed by atoms with E-state index in [1.807, 2.05) is 20.8 Å². The summed E-state index contributed by atoms with van der Waals surface area (Å²) in [5, 5.41) is 0. The van der Waals surface area contributed by atoms with E-state index in [2.05, 4.69) is 35.5 Å². The number of hydrogen-bond donors (Lipinski definition) is 0. The van der Waals surface area contributed by atoms with Crippen molar-refractivity contribution in [3.63, 3.8) is 0 Å². The van der Waals surface area contributed by atoms with E-state index in [0.717, 1.165) is 19.0 Å². The Kier molecular flexibility index (Phi) is 7.43. The second-order valence-electron chi connectivity index (χ2n) is 4.74. The summed E-state index contributed by atoms with van der Waals surface area (Å²) in [7, 11) is -0.419. The van der Waals surface area contributed by atoms with Gasteiger partial charge in [-0.2, -0.15) is 0 Å². The predicted octanol–water partition coefficient (Wildman–Crippen LogP) is 2.06. The van der Waals surface area contributed by atoms with Crippen LogP contribution in [0.2, 0.25) is 6.04 Å². The lowest BCUT2D eigenvalue weighted by molar-refractivity contribution is -0.677. The molecule has 0 aliphatic rings. The summed E-state index contributed by atoms with van der Waals surface area (Å²) < 4.78 is 22.0. The Balaban J connectivity index is 2.58. The van der Waals surface area contributed by atoms with Gasteiger partial charge in [-0.25, -0.2) is 9.13 Å². The third-order valence-electron chi connectivity index (χ3n) is 3.37. The fraction of sp³-hybridized carbons (Fsp3) is 0.786. The van der Waals surface area contributed by atoms with Crippen LogP contribution in [0.15, 0.2) is 12.4 Å². The highest BCUT2D eigenvalue weighted by atomic mass is 28.4. The molecule has 0 saturated heterocycles. The molecule has 0 aliphatic heterocycles. The Morgan fingerprint density at radius 1 is 1.10 bits per heavy atom. The van der Waals surface area contributed by atoms with E-state index in [-0.39, 0.29) is 0 Å².